The molecule has 1 saturated heterocycles. The molecule has 0 bridgehead atoms. The maximum atomic E-state index is 13.9. The molecule has 4 aromatic rings. The van der Waals surface area contributed by atoms with Crippen LogP contribution in [0.25, 0.3) is 33.5 Å². The monoisotopic (exact) mass is 450 g/mol. The standard InChI is InChI=1S/C23H23FN6O3/c1-2-32-22(31)14-29-13-15(11-26-29)18-10-16-19(12-25-18)30(21-8-3-4-9-33-21)28-23(16)17-6-5-7-20(24)27-17/h5-7,10-13,21H,2-4,8-9,14H2,1H3. The molecule has 0 aliphatic carbocycles. The highest BCUT2D eigenvalue weighted by Gasteiger charge is 2.23. The van der Waals surface area contributed by atoms with Crippen LogP contribution in [0.5, 0.6) is 0 Å². The average Bonchev–Trinajstić information content (AvgIpc) is 3.44. The zero-order valence-electron chi connectivity index (χ0n) is 18.1. The van der Waals surface area contributed by atoms with Crippen LogP contribution in [0.15, 0.2) is 42.9 Å². The molecule has 4 aromatic heterocycles. The molecule has 0 aromatic carbocycles. The van der Waals surface area contributed by atoms with Crippen LogP contribution in [-0.4, -0.2) is 48.7 Å². The van der Waals surface area contributed by atoms with Crippen molar-refractivity contribution in [3.63, 3.8) is 0 Å². The van der Waals surface area contributed by atoms with E-state index in [0.717, 1.165) is 35.7 Å². The number of fused-ring (bicyclic) bond motifs is 1. The Bertz CT molecular complexity index is 1290. The molecular weight excluding hydrogens is 427 g/mol. The first-order valence-corrected chi connectivity index (χ1v) is 10.9. The number of rotatable bonds is 6. The summed E-state index contributed by atoms with van der Waals surface area (Å²) >= 11 is 0. The van der Waals surface area contributed by atoms with Crippen molar-refractivity contribution in [3.8, 4) is 22.6 Å². The first-order chi connectivity index (χ1) is 16.1. The van der Waals surface area contributed by atoms with Crippen molar-refractivity contribution in [2.24, 2.45) is 0 Å². The van der Waals surface area contributed by atoms with E-state index in [1.54, 1.807) is 37.6 Å². The molecule has 0 spiro atoms. The second-order valence-corrected chi connectivity index (χ2v) is 7.78. The summed E-state index contributed by atoms with van der Waals surface area (Å²) in [5, 5.41) is 9.79. The van der Waals surface area contributed by atoms with Gasteiger partial charge in [-0.1, -0.05) is 6.07 Å². The van der Waals surface area contributed by atoms with E-state index in [1.807, 2.05) is 10.7 Å². The van der Waals surface area contributed by atoms with Crippen LogP contribution < -0.4 is 0 Å². The molecule has 0 amide bonds. The van der Waals surface area contributed by atoms with E-state index in [0.29, 0.717) is 30.3 Å². The Balaban J connectivity index is 1.57. The van der Waals surface area contributed by atoms with E-state index in [4.69, 9.17) is 14.6 Å². The summed E-state index contributed by atoms with van der Waals surface area (Å²) in [4.78, 5) is 20.4. The third-order valence-electron chi connectivity index (χ3n) is 5.50. The minimum atomic E-state index is -0.571. The topological polar surface area (TPSA) is 97.0 Å². The first-order valence-electron chi connectivity index (χ1n) is 10.9. The zero-order valence-corrected chi connectivity index (χ0v) is 18.1. The number of carbonyl (C=O) groups excluding carboxylic acids is 1. The number of esters is 1. The lowest BCUT2D eigenvalue weighted by Crippen LogP contribution is -2.19. The van der Waals surface area contributed by atoms with E-state index in [9.17, 15) is 9.18 Å². The molecule has 1 unspecified atom stereocenters. The third-order valence-corrected chi connectivity index (χ3v) is 5.50. The summed E-state index contributed by atoms with van der Waals surface area (Å²) in [6.07, 6.45) is 7.82. The number of nitrogens with zero attached hydrogens (tertiary/aromatic N) is 6. The summed E-state index contributed by atoms with van der Waals surface area (Å²) in [7, 11) is 0. The van der Waals surface area contributed by atoms with Crippen LogP contribution in [0, 0.1) is 5.95 Å². The second-order valence-electron chi connectivity index (χ2n) is 7.78. The largest absolute Gasteiger partial charge is 0.465 e. The smallest absolute Gasteiger partial charge is 0.327 e. The molecule has 9 nitrogen and oxygen atoms in total. The van der Waals surface area contributed by atoms with Crippen molar-refractivity contribution in [2.75, 3.05) is 13.2 Å². The van der Waals surface area contributed by atoms with Gasteiger partial charge in [0.15, 0.2) is 6.23 Å². The lowest BCUT2D eigenvalue weighted by Gasteiger charge is -2.23. The normalized spacial score (nSPS) is 16.2. The predicted molar refractivity (Wildman–Crippen MR) is 117 cm³/mol. The first kappa shape index (κ1) is 21.2. The number of hydrogen-bond acceptors (Lipinski definition) is 7. The van der Waals surface area contributed by atoms with Gasteiger partial charge >= 0.3 is 5.97 Å². The fraction of sp³-hybridized carbons (Fsp3) is 0.348. The van der Waals surface area contributed by atoms with Gasteiger partial charge in [-0.15, -0.1) is 0 Å². The van der Waals surface area contributed by atoms with E-state index in [-0.39, 0.29) is 18.7 Å². The van der Waals surface area contributed by atoms with Gasteiger partial charge in [-0.25, -0.2) is 9.67 Å². The van der Waals surface area contributed by atoms with Gasteiger partial charge in [-0.05, 0) is 44.4 Å². The van der Waals surface area contributed by atoms with Gasteiger partial charge in [0.25, 0.3) is 0 Å². The highest BCUT2D eigenvalue weighted by atomic mass is 19.1. The highest BCUT2D eigenvalue weighted by molar-refractivity contribution is 5.94. The SMILES string of the molecule is CCOC(=O)Cn1cc(-c2cc3c(-c4cccc(F)n4)nn(C4CCCCO4)c3cn2)cn1. The van der Waals surface area contributed by atoms with Crippen LogP contribution in [0.4, 0.5) is 4.39 Å². The van der Waals surface area contributed by atoms with Crippen LogP contribution in [0.3, 0.4) is 0 Å². The molecule has 1 aliphatic rings. The molecule has 5 heterocycles. The number of aromatic nitrogens is 6. The van der Waals surface area contributed by atoms with Crippen LogP contribution >= 0.6 is 0 Å². The van der Waals surface area contributed by atoms with Crippen molar-refractivity contribution in [3.05, 3.63) is 48.8 Å². The number of pyridine rings is 2. The van der Waals surface area contributed by atoms with Gasteiger partial charge in [0.1, 0.15) is 12.2 Å². The average molecular weight is 450 g/mol. The Morgan fingerprint density at radius 3 is 2.97 bits per heavy atom. The molecule has 1 fully saturated rings. The Morgan fingerprint density at radius 2 is 2.18 bits per heavy atom. The quantitative estimate of drug-likeness (QED) is 0.326. The van der Waals surface area contributed by atoms with Crippen LogP contribution in [-0.2, 0) is 20.8 Å². The van der Waals surface area contributed by atoms with Crippen molar-refractivity contribution in [2.45, 2.75) is 39.0 Å². The molecule has 10 heteroatoms. The summed E-state index contributed by atoms with van der Waals surface area (Å²) in [5.74, 6) is -0.928. The summed E-state index contributed by atoms with van der Waals surface area (Å²) in [6, 6.07) is 6.53. The van der Waals surface area contributed by atoms with Gasteiger partial charge in [-0.2, -0.15) is 14.6 Å². The lowest BCUT2D eigenvalue weighted by atomic mass is 10.1. The van der Waals surface area contributed by atoms with Gasteiger partial charge in [0.2, 0.25) is 5.95 Å². The maximum absolute atomic E-state index is 13.9. The molecule has 1 atom stereocenters. The minimum Gasteiger partial charge on any atom is -0.465 e. The minimum absolute atomic E-state index is 0.0193. The fourth-order valence-corrected chi connectivity index (χ4v) is 3.98. The Hall–Kier alpha value is -3.66. The maximum Gasteiger partial charge on any atom is 0.327 e. The van der Waals surface area contributed by atoms with Gasteiger partial charge in [0.05, 0.1) is 35.9 Å². The zero-order chi connectivity index (χ0) is 22.8. The van der Waals surface area contributed by atoms with E-state index in [2.05, 4.69) is 15.1 Å². The Labute approximate surface area is 189 Å². The van der Waals surface area contributed by atoms with Gasteiger partial charge in [0, 0.05) is 23.8 Å². The fourth-order valence-electron chi connectivity index (χ4n) is 3.98. The van der Waals surface area contributed by atoms with Crippen molar-refractivity contribution in [1.82, 2.24) is 29.5 Å². The molecular formula is C23H23FN6O3. The van der Waals surface area contributed by atoms with E-state index >= 15 is 0 Å². The molecule has 5 rings (SSSR count). The highest BCUT2D eigenvalue weighted by Crippen LogP contribution is 2.33. The van der Waals surface area contributed by atoms with E-state index in [1.165, 1.54) is 10.7 Å². The molecule has 33 heavy (non-hydrogen) atoms. The third kappa shape index (κ3) is 4.34. The number of halogens is 1. The summed E-state index contributed by atoms with van der Waals surface area (Å²) < 4.78 is 28.1. The van der Waals surface area contributed by atoms with Gasteiger partial charge < -0.3 is 9.47 Å². The molecule has 0 saturated carbocycles. The van der Waals surface area contributed by atoms with Gasteiger partial charge in [-0.3, -0.25) is 14.5 Å². The number of hydrogen-bond donors (Lipinski definition) is 0. The van der Waals surface area contributed by atoms with Crippen molar-refractivity contribution < 1.29 is 18.7 Å². The van der Waals surface area contributed by atoms with Crippen LogP contribution in [0.2, 0.25) is 0 Å². The predicted octanol–water partition coefficient (Wildman–Crippen LogP) is 3.76. The van der Waals surface area contributed by atoms with Crippen molar-refractivity contribution >= 4 is 16.9 Å². The second kappa shape index (κ2) is 9.07. The van der Waals surface area contributed by atoms with Crippen LogP contribution in [0.1, 0.15) is 32.4 Å². The molecule has 1 aliphatic heterocycles. The number of ether oxygens (including phenoxy) is 2. The molecule has 0 radical (unpaired) electrons. The summed E-state index contributed by atoms with van der Waals surface area (Å²) in [6.45, 7) is 2.77. The number of carbonyl (C=O) groups is 1. The Kier molecular flexibility index (Phi) is 5.82. The Morgan fingerprint density at radius 1 is 1.27 bits per heavy atom. The lowest BCUT2D eigenvalue weighted by molar-refractivity contribution is -0.144. The van der Waals surface area contributed by atoms with E-state index < -0.39 is 5.95 Å². The summed E-state index contributed by atoms with van der Waals surface area (Å²) in [5.41, 5.74) is 3.16. The molecule has 170 valence electrons. The molecule has 0 N–H and O–H groups in total. The van der Waals surface area contributed by atoms with Crippen molar-refractivity contribution in [1.29, 1.82) is 0 Å².